The summed E-state index contributed by atoms with van der Waals surface area (Å²) >= 11 is 1.70. The maximum atomic E-state index is 3.98. The molecule has 0 fully saturated rings. The van der Waals surface area contributed by atoms with Gasteiger partial charge in [-0.2, -0.15) is 5.10 Å². The lowest BCUT2D eigenvalue weighted by Crippen LogP contribution is -1.96. The van der Waals surface area contributed by atoms with Gasteiger partial charge in [-0.25, -0.2) is 0 Å². The van der Waals surface area contributed by atoms with Gasteiger partial charge in [-0.15, -0.1) is 11.8 Å². The third-order valence-electron chi connectivity index (χ3n) is 1.13. The fraction of sp³-hybridized carbons (Fsp3) is 0.500. The van der Waals surface area contributed by atoms with Crippen LogP contribution in [0.3, 0.4) is 0 Å². The zero-order valence-electron chi connectivity index (χ0n) is 5.59. The van der Waals surface area contributed by atoms with Crippen molar-refractivity contribution in [3.63, 3.8) is 0 Å². The molecular weight excluding hydrogens is 132 g/mol. The Kier molecular flexibility index (Phi) is 2.16. The lowest BCUT2D eigenvalue weighted by atomic mass is 10.7. The van der Waals surface area contributed by atoms with Crippen molar-refractivity contribution in [1.82, 2.24) is 9.78 Å². The first-order chi connectivity index (χ1) is 4.38. The van der Waals surface area contributed by atoms with Crippen molar-refractivity contribution in [2.24, 2.45) is 0 Å². The quantitative estimate of drug-likeness (QED) is 0.580. The van der Waals surface area contributed by atoms with Crippen molar-refractivity contribution in [3.8, 4) is 0 Å². The topological polar surface area (TPSA) is 17.8 Å². The Hall–Kier alpha value is -0.440. The molecule has 0 amide bonds. The van der Waals surface area contributed by atoms with Crippen LogP contribution in [0.1, 0.15) is 6.92 Å². The molecule has 0 saturated heterocycles. The van der Waals surface area contributed by atoms with Crippen LogP contribution in [0.25, 0.3) is 0 Å². The van der Waals surface area contributed by atoms with Crippen molar-refractivity contribution in [3.05, 3.63) is 12.3 Å². The van der Waals surface area contributed by atoms with Crippen LogP contribution in [0.2, 0.25) is 0 Å². The van der Waals surface area contributed by atoms with Crippen LogP contribution in [0.4, 0.5) is 0 Å². The number of rotatable bonds is 2. The molecule has 0 N–H and O–H groups in total. The monoisotopic (exact) mass is 141 g/mol. The summed E-state index contributed by atoms with van der Waals surface area (Å²) in [6.45, 7) is 3.00. The Morgan fingerprint density at radius 1 is 1.89 bits per heavy atom. The van der Waals surface area contributed by atoms with Gasteiger partial charge < -0.3 is 0 Å². The Morgan fingerprint density at radius 3 is 3.11 bits per heavy atom. The molecule has 0 aliphatic rings. The molecule has 1 rings (SSSR count). The van der Waals surface area contributed by atoms with E-state index in [1.54, 1.807) is 11.8 Å². The molecule has 0 atom stereocenters. The Labute approximate surface area is 59.3 Å². The second-order valence-electron chi connectivity index (χ2n) is 1.63. The molecule has 0 aliphatic heterocycles. The van der Waals surface area contributed by atoms with E-state index in [1.807, 2.05) is 17.0 Å². The van der Waals surface area contributed by atoms with Gasteiger partial charge in [0.05, 0.1) is 5.03 Å². The van der Waals surface area contributed by atoms with Crippen LogP contribution in [0.5, 0.6) is 0 Å². The number of aromatic nitrogens is 2. The second kappa shape index (κ2) is 2.92. The highest BCUT2D eigenvalue weighted by atomic mass is 32.2. The molecular formula is C6H9N2S. The smallest absolute Gasteiger partial charge is 0.114 e. The third-order valence-corrected chi connectivity index (χ3v) is 1.88. The molecule has 0 unspecified atom stereocenters. The van der Waals surface area contributed by atoms with Crippen LogP contribution >= 0.6 is 11.8 Å². The molecule has 3 heteroatoms. The second-order valence-corrected chi connectivity index (χ2v) is 2.46. The minimum atomic E-state index is 0.930. The molecule has 49 valence electrons. The zero-order chi connectivity index (χ0) is 6.69. The first kappa shape index (κ1) is 6.68. The molecule has 0 bridgehead atoms. The molecule has 1 aromatic rings. The summed E-state index contributed by atoms with van der Waals surface area (Å²) in [6.07, 6.45) is 4.83. The summed E-state index contributed by atoms with van der Waals surface area (Å²) in [5, 5.41) is 5.15. The molecule has 9 heavy (non-hydrogen) atoms. The Balaban J connectivity index is 2.85. The van der Waals surface area contributed by atoms with Crippen molar-refractivity contribution < 1.29 is 0 Å². The summed E-state index contributed by atoms with van der Waals surface area (Å²) in [4.78, 5) is 0. The summed E-state index contributed by atoms with van der Waals surface area (Å²) in [6, 6.07) is 1.90. The lowest BCUT2D eigenvalue weighted by molar-refractivity contribution is 0.605. The van der Waals surface area contributed by atoms with E-state index in [0.29, 0.717) is 0 Å². The molecule has 0 aromatic carbocycles. The molecule has 1 radical (unpaired) electrons. The number of hydrogen-bond donors (Lipinski definition) is 0. The van der Waals surface area contributed by atoms with Gasteiger partial charge >= 0.3 is 0 Å². The molecule has 0 aliphatic carbocycles. The van der Waals surface area contributed by atoms with Crippen LogP contribution < -0.4 is 0 Å². The van der Waals surface area contributed by atoms with Crippen LogP contribution in [-0.2, 0) is 6.54 Å². The van der Waals surface area contributed by atoms with Gasteiger partial charge in [0.1, 0.15) is 6.20 Å². The molecule has 2 nitrogen and oxygen atoms in total. The average Bonchev–Trinajstić information content (AvgIpc) is 2.33. The van der Waals surface area contributed by atoms with E-state index < -0.39 is 0 Å². The highest BCUT2D eigenvalue weighted by molar-refractivity contribution is 7.98. The Morgan fingerprint density at radius 2 is 2.67 bits per heavy atom. The van der Waals surface area contributed by atoms with E-state index in [2.05, 4.69) is 18.2 Å². The van der Waals surface area contributed by atoms with Crippen LogP contribution in [0.15, 0.2) is 11.1 Å². The highest BCUT2D eigenvalue weighted by Gasteiger charge is 1.95. The summed E-state index contributed by atoms with van der Waals surface area (Å²) in [7, 11) is 0. The first-order valence-electron chi connectivity index (χ1n) is 2.86. The van der Waals surface area contributed by atoms with Gasteiger partial charge in [0.15, 0.2) is 0 Å². The minimum absolute atomic E-state index is 0.930. The number of nitrogens with zero attached hydrogens (tertiary/aromatic N) is 2. The van der Waals surface area contributed by atoms with Gasteiger partial charge in [-0.05, 0) is 19.2 Å². The fourth-order valence-electron chi connectivity index (χ4n) is 0.668. The van der Waals surface area contributed by atoms with Crippen LogP contribution in [0, 0.1) is 6.20 Å². The number of hydrogen-bond acceptors (Lipinski definition) is 2. The molecule has 1 heterocycles. The highest BCUT2D eigenvalue weighted by Crippen LogP contribution is 2.11. The number of aryl methyl sites for hydroxylation is 1. The summed E-state index contributed by atoms with van der Waals surface area (Å²) < 4.78 is 1.92. The van der Waals surface area contributed by atoms with E-state index >= 15 is 0 Å². The van der Waals surface area contributed by atoms with Gasteiger partial charge in [0.2, 0.25) is 0 Å². The summed E-state index contributed by atoms with van der Waals surface area (Å²) in [5.41, 5.74) is 0. The molecule has 0 spiro atoms. The van der Waals surface area contributed by atoms with E-state index in [1.165, 1.54) is 5.03 Å². The maximum Gasteiger partial charge on any atom is 0.114 e. The largest absolute Gasteiger partial charge is 0.259 e. The van der Waals surface area contributed by atoms with Crippen molar-refractivity contribution in [2.45, 2.75) is 18.5 Å². The molecule has 1 aromatic heterocycles. The SMILES string of the molecule is CCn1n[c]cc1SC. The number of thioether (sulfide) groups is 1. The fourth-order valence-corrected chi connectivity index (χ4v) is 1.22. The first-order valence-corrected chi connectivity index (χ1v) is 4.09. The van der Waals surface area contributed by atoms with Crippen molar-refractivity contribution >= 4 is 11.8 Å². The minimum Gasteiger partial charge on any atom is -0.259 e. The summed E-state index contributed by atoms with van der Waals surface area (Å²) in [5.74, 6) is 0. The maximum absolute atomic E-state index is 3.98. The van der Waals surface area contributed by atoms with E-state index in [9.17, 15) is 0 Å². The Bertz CT molecular complexity index is 164. The van der Waals surface area contributed by atoms with E-state index in [-0.39, 0.29) is 0 Å². The van der Waals surface area contributed by atoms with Gasteiger partial charge in [0, 0.05) is 6.54 Å². The van der Waals surface area contributed by atoms with Crippen LogP contribution in [-0.4, -0.2) is 16.0 Å². The van der Waals surface area contributed by atoms with Crippen molar-refractivity contribution in [1.29, 1.82) is 0 Å². The zero-order valence-corrected chi connectivity index (χ0v) is 6.40. The third kappa shape index (κ3) is 1.27. The van der Waals surface area contributed by atoms with Gasteiger partial charge in [0.25, 0.3) is 0 Å². The van der Waals surface area contributed by atoms with E-state index in [4.69, 9.17) is 0 Å². The standard InChI is InChI=1S/C6H9N2S/c1-3-8-6(9-2)4-5-7-8/h4H,3H2,1-2H3. The normalized spacial score (nSPS) is 10.0. The van der Waals surface area contributed by atoms with E-state index in [0.717, 1.165) is 6.54 Å². The predicted molar refractivity (Wildman–Crippen MR) is 38.5 cm³/mol. The predicted octanol–water partition coefficient (Wildman–Crippen LogP) is 1.43. The lowest BCUT2D eigenvalue weighted by Gasteiger charge is -1.97. The van der Waals surface area contributed by atoms with Gasteiger partial charge in [-0.1, -0.05) is 0 Å². The van der Waals surface area contributed by atoms with Crippen molar-refractivity contribution in [2.75, 3.05) is 6.26 Å². The molecule has 0 saturated carbocycles. The van der Waals surface area contributed by atoms with Gasteiger partial charge in [-0.3, -0.25) is 4.68 Å². The average molecular weight is 141 g/mol.